The van der Waals surface area contributed by atoms with E-state index in [1.165, 1.54) is 11.9 Å². The van der Waals surface area contributed by atoms with E-state index in [4.69, 9.17) is 13.9 Å². The highest BCUT2D eigenvalue weighted by Gasteiger charge is 2.20. The number of rotatable bonds is 9. The lowest BCUT2D eigenvalue weighted by Gasteiger charge is -2.07. The van der Waals surface area contributed by atoms with Crippen molar-refractivity contribution in [2.45, 2.75) is 19.8 Å². The van der Waals surface area contributed by atoms with E-state index >= 15 is 0 Å². The van der Waals surface area contributed by atoms with E-state index in [0.717, 1.165) is 34.0 Å². The van der Waals surface area contributed by atoms with Crippen molar-refractivity contribution in [3.05, 3.63) is 113 Å². The van der Waals surface area contributed by atoms with E-state index in [0.29, 0.717) is 31.0 Å². The van der Waals surface area contributed by atoms with E-state index in [1.807, 2.05) is 91.9 Å². The largest absolute Gasteiger partial charge is 0.493 e. The van der Waals surface area contributed by atoms with Crippen LogP contribution >= 0.6 is 0 Å². The molecule has 186 valence electrons. The van der Waals surface area contributed by atoms with E-state index in [2.05, 4.69) is 15.2 Å². The molecule has 0 spiro atoms. The topological polar surface area (TPSA) is 92.3 Å². The zero-order valence-corrected chi connectivity index (χ0v) is 20.6. The standard InChI is InChI=1S/C29H26N4O4/c1-20-25(30-28(37-20)22-11-5-3-6-12-22)16-17-36-24-15-9-10-21(18-24)19-26-27(29(34)35-2)32-33(31-26)23-13-7-4-8-14-23/h3-15,18H,16-17,19H2,1-2H3. The first-order chi connectivity index (χ1) is 18.1. The molecule has 5 aromatic rings. The van der Waals surface area contributed by atoms with E-state index in [9.17, 15) is 4.79 Å². The molecule has 0 aliphatic rings. The van der Waals surface area contributed by atoms with Crippen LogP contribution < -0.4 is 4.74 Å². The molecule has 2 heterocycles. The Labute approximate surface area is 214 Å². The van der Waals surface area contributed by atoms with Gasteiger partial charge in [0.15, 0.2) is 5.69 Å². The monoisotopic (exact) mass is 494 g/mol. The van der Waals surface area contributed by atoms with Crippen LogP contribution in [0.15, 0.2) is 89.3 Å². The second-order valence-corrected chi connectivity index (χ2v) is 8.42. The zero-order valence-electron chi connectivity index (χ0n) is 20.6. The normalized spacial score (nSPS) is 10.9. The molecule has 0 atom stereocenters. The van der Waals surface area contributed by atoms with Gasteiger partial charge in [0.2, 0.25) is 5.89 Å². The van der Waals surface area contributed by atoms with Crippen LogP contribution in [-0.4, -0.2) is 39.7 Å². The molecule has 0 aliphatic carbocycles. The number of benzene rings is 3. The maximum absolute atomic E-state index is 12.4. The fourth-order valence-corrected chi connectivity index (χ4v) is 3.96. The maximum atomic E-state index is 12.4. The maximum Gasteiger partial charge on any atom is 0.360 e. The number of carbonyl (C=O) groups is 1. The number of ether oxygens (including phenoxy) is 2. The molecular formula is C29H26N4O4. The Hall–Kier alpha value is -4.72. The summed E-state index contributed by atoms with van der Waals surface area (Å²) in [7, 11) is 1.33. The highest BCUT2D eigenvalue weighted by atomic mass is 16.5. The summed E-state index contributed by atoms with van der Waals surface area (Å²) in [5.41, 5.74) is 4.23. The first kappa shape index (κ1) is 24.0. The third kappa shape index (κ3) is 5.59. The summed E-state index contributed by atoms with van der Waals surface area (Å²) in [6, 6.07) is 27.0. The van der Waals surface area contributed by atoms with Crippen molar-refractivity contribution in [3.8, 4) is 22.9 Å². The fraction of sp³-hybridized carbons (Fsp3) is 0.172. The summed E-state index contributed by atoms with van der Waals surface area (Å²) in [6.45, 7) is 2.36. The van der Waals surface area contributed by atoms with Gasteiger partial charge in [-0.25, -0.2) is 9.78 Å². The van der Waals surface area contributed by atoms with Crippen LogP contribution in [0.4, 0.5) is 0 Å². The zero-order chi connectivity index (χ0) is 25.6. The molecule has 0 radical (unpaired) electrons. The number of esters is 1. The molecule has 0 unspecified atom stereocenters. The molecule has 5 rings (SSSR count). The predicted molar refractivity (Wildman–Crippen MR) is 138 cm³/mol. The number of aryl methyl sites for hydroxylation is 1. The van der Waals surface area contributed by atoms with Gasteiger partial charge in [-0.15, -0.1) is 5.10 Å². The number of para-hydroxylation sites is 1. The van der Waals surface area contributed by atoms with Crippen molar-refractivity contribution in [3.63, 3.8) is 0 Å². The summed E-state index contributed by atoms with van der Waals surface area (Å²) < 4.78 is 16.8. The van der Waals surface area contributed by atoms with Gasteiger partial charge in [0, 0.05) is 18.4 Å². The minimum Gasteiger partial charge on any atom is -0.493 e. The molecule has 0 saturated heterocycles. The molecule has 0 N–H and O–H groups in total. The Balaban J connectivity index is 1.27. The number of aromatic nitrogens is 4. The van der Waals surface area contributed by atoms with Crippen LogP contribution in [0, 0.1) is 6.92 Å². The summed E-state index contributed by atoms with van der Waals surface area (Å²) in [5.74, 6) is 1.59. The van der Waals surface area contributed by atoms with E-state index in [-0.39, 0.29) is 5.69 Å². The van der Waals surface area contributed by atoms with Crippen molar-refractivity contribution in [2.24, 2.45) is 0 Å². The molecule has 8 heteroatoms. The second kappa shape index (κ2) is 10.9. The lowest BCUT2D eigenvalue weighted by atomic mass is 10.1. The summed E-state index contributed by atoms with van der Waals surface area (Å²) in [4.78, 5) is 18.4. The number of hydrogen-bond donors (Lipinski definition) is 0. The SMILES string of the molecule is COC(=O)c1nn(-c2ccccc2)nc1Cc1cccc(OCCc2nc(-c3ccccc3)oc2C)c1. The third-order valence-electron chi connectivity index (χ3n) is 5.84. The number of hydrogen-bond acceptors (Lipinski definition) is 7. The van der Waals surface area contributed by atoms with Gasteiger partial charge in [0.05, 0.1) is 25.1 Å². The van der Waals surface area contributed by atoms with E-state index < -0.39 is 5.97 Å². The molecule has 8 nitrogen and oxygen atoms in total. The first-order valence-corrected chi connectivity index (χ1v) is 11.9. The van der Waals surface area contributed by atoms with Crippen molar-refractivity contribution < 1.29 is 18.7 Å². The van der Waals surface area contributed by atoms with Gasteiger partial charge in [-0.3, -0.25) is 0 Å². The molecule has 2 aromatic heterocycles. The molecule has 0 saturated carbocycles. The summed E-state index contributed by atoms with van der Waals surface area (Å²) in [6.07, 6.45) is 1.02. The van der Waals surface area contributed by atoms with Gasteiger partial charge in [-0.05, 0) is 48.9 Å². The minimum atomic E-state index is -0.526. The lowest BCUT2D eigenvalue weighted by Crippen LogP contribution is -2.07. The average molecular weight is 495 g/mol. The third-order valence-corrected chi connectivity index (χ3v) is 5.84. The Morgan fingerprint density at radius 2 is 1.68 bits per heavy atom. The van der Waals surface area contributed by atoms with Gasteiger partial charge in [0.25, 0.3) is 0 Å². The first-order valence-electron chi connectivity index (χ1n) is 11.9. The molecule has 0 aliphatic heterocycles. The van der Waals surface area contributed by atoms with Crippen molar-refractivity contribution >= 4 is 5.97 Å². The lowest BCUT2D eigenvalue weighted by molar-refractivity contribution is 0.0592. The highest BCUT2D eigenvalue weighted by Crippen LogP contribution is 2.23. The van der Waals surface area contributed by atoms with Crippen molar-refractivity contribution in [2.75, 3.05) is 13.7 Å². The van der Waals surface area contributed by atoms with Gasteiger partial charge in [-0.2, -0.15) is 9.90 Å². The number of carbonyl (C=O) groups excluding carboxylic acids is 1. The molecule has 3 aromatic carbocycles. The number of methoxy groups -OCH3 is 1. The molecule has 0 bridgehead atoms. The Bertz CT molecular complexity index is 1490. The van der Waals surface area contributed by atoms with Crippen LogP contribution in [0.3, 0.4) is 0 Å². The van der Waals surface area contributed by atoms with Gasteiger partial charge >= 0.3 is 5.97 Å². The fourth-order valence-electron chi connectivity index (χ4n) is 3.96. The Morgan fingerprint density at radius 1 is 0.919 bits per heavy atom. The smallest absolute Gasteiger partial charge is 0.360 e. The minimum absolute atomic E-state index is 0.188. The van der Waals surface area contributed by atoms with Crippen molar-refractivity contribution in [1.29, 1.82) is 0 Å². The quantitative estimate of drug-likeness (QED) is 0.259. The number of nitrogens with zero attached hydrogens (tertiary/aromatic N) is 4. The molecule has 0 amide bonds. The van der Waals surface area contributed by atoms with Crippen LogP contribution in [0.25, 0.3) is 17.1 Å². The van der Waals surface area contributed by atoms with Gasteiger partial charge in [0.1, 0.15) is 17.2 Å². The summed E-state index contributed by atoms with van der Waals surface area (Å²) in [5, 5.41) is 8.93. The van der Waals surface area contributed by atoms with Gasteiger partial charge in [-0.1, -0.05) is 48.5 Å². The highest BCUT2D eigenvalue weighted by molar-refractivity contribution is 5.88. The van der Waals surface area contributed by atoms with Gasteiger partial charge < -0.3 is 13.9 Å². The van der Waals surface area contributed by atoms with Crippen LogP contribution in [-0.2, 0) is 17.6 Å². The number of oxazole rings is 1. The molecular weight excluding hydrogens is 468 g/mol. The second-order valence-electron chi connectivity index (χ2n) is 8.42. The average Bonchev–Trinajstić information content (AvgIpc) is 3.53. The van der Waals surface area contributed by atoms with Crippen LogP contribution in [0.2, 0.25) is 0 Å². The van der Waals surface area contributed by atoms with Crippen molar-refractivity contribution in [1.82, 2.24) is 20.0 Å². The van der Waals surface area contributed by atoms with Crippen LogP contribution in [0.1, 0.15) is 33.2 Å². The predicted octanol–water partition coefficient (Wildman–Crippen LogP) is 5.23. The molecule has 0 fully saturated rings. The summed E-state index contributed by atoms with van der Waals surface area (Å²) >= 11 is 0. The molecule has 37 heavy (non-hydrogen) atoms. The Morgan fingerprint density at radius 3 is 2.43 bits per heavy atom. The van der Waals surface area contributed by atoms with E-state index in [1.54, 1.807) is 0 Å². The Kier molecular flexibility index (Phi) is 7.07. The van der Waals surface area contributed by atoms with Crippen LogP contribution in [0.5, 0.6) is 5.75 Å².